The number of carboxylic acid groups (broad SMARTS) is 1. The lowest BCUT2D eigenvalue weighted by Crippen LogP contribution is -2.36. The lowest BCUT2D eigenvalue weighted by atomic mass is 9.96. The van der Waals surface area contributed by atoms with Crippen LogP contribution in [0.3, 0.4) is 0 Å². The highest BCUT2D eigenvalue weighted by atomic mass is 32.1. The lowest BCUT2D eigenvalue weighted by molar-refractivity contribution is 0.132. The van der Waals surface area contributed by atoms with Crippen LogP contribution in [0.2, 0.25) is 0 Å². The molecule has 0 unspecified atom stereocenters. The molecule has 192 valence electrons. The summed E-state index contributed by atoms with van der Waals surface area (Å²) in [6.07, 6.45) is 3.60. The van der Waals surface area contributed by atoms with Gasteiger partial charge in [0, 0.05) is 35.8 Å². The summed E-state index contributed by atoms with van der Waals surface area (Å²) in [5.41, 5.74) is 2.19. The molecule has 11 heteroatoms. The van der Waals surface area contributed by atoms with Crippen LogP contribution in [0.25, 0.3) is 16.2 Å². The predicted molar refractivity (Wildman–Crippen MR) is 144 cm³/mol. The van der Waals surface area contributed by atoms with Crippen molar-refractivity contribution in [2.45, 2.75) is 52.0 Å². The molecular formula is C26H27FN6O2S2. The number of anilines is 2. The topological polar surface area (TPSA) is 97.8 Å². The van der Waals surface area contributed by atoms with Crippen LogP contribution in [0.15, 0.2) is 30.5 Å². The molecule has 5 rings (SSSR count). The number of halogens is 1. The number of nitriles is 1. The second kappa shape index (κ2) is 10.1. The molecule has 1 aliphatic rings. The molecule has 0 radical (unpaired) electrons. The highest BCUT2D eigenvalue weighted by Crippen LogP contribution is 2.41. The fraction of sp³-hybridized carbons (Fsp3) is 0.385. The monoisotopic (exact) mass is 538 g/mol. The predicted octanol–water partition coefficient (Wildman–Crippen LogP) is 6.50. The Morgan fingerprint density at radius 3 is 2.54 bits per heavy atom. The number of hydrogen-bond donors (Lipinski definition) is 1. The van der Waals surface area contributed by atoms with Gasteiger partial charge in [-0.05, 0) is 63.3 Å². The molecule has 1 fully saturated rings. The van der Waals surface area contributed by atoms with Crippen LogP contribution in [0.1, 0.15) is 55.0 Å². The van der Waals surface area contributed by atoms with E-state index in [1.807, 2.05) is 0 Å². The normalized spacial score (nSPS) is 14.4. The van der Waals surface area contributed by atoms with Gasteiger partial charge in [0.25, 0.3) is 0 Å². The molecule has 37 heavy (non-hydrogen) atoms. The number of rotatable bonds is 6. The van der Waals surface area contributed by atoms with Crippen molar-refractivity contribution in [3.63, 3.8) is 0 Å². The average molecular weight is 539 g/mol. The van der Waals surface area contributed by atoms with Gasteiger partial charge in [-0.3, -0.25) is 9.30 Å². The Bertz CT molecular complexity index is 1480. The highest BCUT2D eigenvalue weighted by Gasteiger charge is 2.29. The first-order chi connectivity index (χ1) is 17.8. The van der Waals surface area contributed by atoms with E-state index in [1.54, 1.807) is 23.5 Å². The van der Waals surface area contributed by atoms with E-state index in [0.717, 1.165) is 35.7 Å². The molecule has 1 aromatic carbocycles. The zero-order chi connectivity index (χ0) is 26.3. The molecule has 3 aromatic heterocycles. The van der Waals surface area contributed by atoms with Crippen LogP contribution in [0.4, 0.5) is 20.1 Å². The molecule has 1 saturated heterocycles. The number of aromatic nitrogens is 3. The van der Waals surface area contributed by atoms with Gasteiger partial charge in [-0.25, -0.2) is 19.2 Å². The summed E-state index contributed by atoms with van der Waals surface area (Å²) in [4.78, 5) is 27.3. The molecule has 0 spiro atoms. The van der Waals surface area contributed by atoms with Crippen molar-refractivity contribution in [3.8, 4) is 17.3 Å². The molecule has 1 aliphatic heterocycles. The van der Waals surface area contributed by atoms with Gasteiger partial charge in [-0.2, -0.15) is 5.26 Å². The first kappa shape index (κ1) is 25.2. The maximum atomic E-state index is 13.5. The number of aryl methyl sites for hydroxylation is 1. The number of amides is 1. The average Bonchev–Trinajstić information content (AvgIpc) is 3.58. The maximum absolute atomic E-state index is 13.5. The van der Waals surface area contributed by atoms with Crippen molar-refractivity contribution in [3.05, 3.63) is 51.7 Å². The molecule has 0 aliphatic carbocycles. The second-order valence-electron chi connectivity index (χ2n) is 9.32. The highest BCUT2D eigenvalue weighted by molar-refractivity contribution is 7.17. The fourth-order valence-electron chi connectivity index (χ4n) is 4.78. The van der Waals surface area contributed by atoms with Crippen molar-refractivity contribution in [2.75, 3.05) is 18.0 Å². The second-order valence-corrected chi connectivity index (χ2v) is 11.3. The molecule has 8 nitrogen and oxygen atoms in total. The number of benzene rings is 1. The smallest absolute Gasteiger partial charge is 0.407 e. The minimum absolute atomic E-state index is 0.0334. The van der Waals surface area contributed by atoms with Crippen molar-refractivity contribution >= 4 is 44.7 Å². The summed E-state index contributed by atoms with van der Waals surface area (Å²) in [5, 5.41) is 19.8. The van der Waals surface area contributed by atoms with Gasteiger partial charge in [0.1, 0.15) is 28.3 Å². The van der Waals surface area contributed by atoms with Crippen LogP contribution in [-0.4, -0.2) is 49.6 Å². The third kappa shape index (κ3) is 4.67. The minimum Gasteiger partial charge on any atom is -0.465 e. The summed E-state index contributed by atoms with van der Waals surface area (Å²) < 4.78 is 15.6. The third-order valence-electron chi connectivity index (χ3n) is 6.68. The number of hydrogen-bond acceptors (Lipinski definition) is 7. The van der Waals surface area contributed by atoms with Gasteiger partial charge in [0.2, 0.25) is 0 Å². The van der Waals surface area contributed by atoms with E-state index >= 15 is 0 Å². The number of likely N-dealkylation sites (tertiary alicyclic amines) is 1. The van der Waals surface area contributed by atoms with Crippen molar-refractivity contribution < 1.29 is 14.3 Å². The summed E-state index contributed by atoms with van der Waals surface area (Å²) in [6.45, 7) is 7.31. The summed E-state index contributed by atoms with van der Waals surface area (Å²) in [5.74, 6) is 0.891. The zero-order valence-corrected chi connectivity index (χ0v) is 22.4. The Kier molecular flexibility index (Phi) is 6.88. The summed E-state index contributed by atoms with van der Waals surface area (Å²) >= 11 is 2.97. The van der Waals surface area contributed by atoms with Gasteiger partial charge in [-0.1, -0.05) is 18.3 Å². The quantitative estimate of drug-likeness (QED) is 0.301. The number of imidazole rings is 1. The van der Waals surface area contributed by atoms with Gasteiger partial charge >= 0.3 is 6.09 Å². The summed E-state index contributed by atoms with van der Waals surface area (Å²) in [7, 11) is 0. The number of nitrogens with zero attached hydrogens (tertiary/aromatic N) is 6. The number of carbonyl (C=O) groups is 1. The molecule has 0 atom stereocenters. The fourth-order valence-corrected chi connectivity index (χ4v) is 6.97. The van der Waals surface area contributed by atoms with Crippen LogP contribution < -0.4 is 4.90 Å². The number of thiazole rings is 2. The van der Waals surface area contributed by atoms with Crippen LogP contribution >= 0.6 is 22.7 Å². The third-order valence-corrected chi connectivity index (χ3v) is 8.78. The van der Waals surface area contributed by atoms with E-state index in [1.165, 1.54) is 33.2 Å². The molecule has 0 bridgehead atoms. The van der Waals surface area contributed by atoms with E-state index < -0.39 is 6.09 Å². The van der Waals surface area contributed by atoms with E-state index in [2.05, 4.69) is 42.3 Å². The van der Waals surface area contributed by atoms with Crippen molar-refractivity contribution in [1.29, 1.82) is 5.26 Å². The van der Waals surface area contributed by atoms with Crippen LogP contribution in [-0.2, 0) is 6.42 Å². The van der Waals surface area contributed by atoms with E-state index in [9.17, 15) is 19.6 Å². The number of fused-ring (bicyclic) bond motifs is 1. The lowest BCUT2D eigenvalue weighted by Gasteiger charge is -2.29. The van der Waals surface area contributed by atoms with Crippen LogP contribution in [0.5, 0.6) is 0 Å². The number of piperidine rings is 1. The van der Waals surface area contributed by atoms with Crippen molar-refractivity contribution in [1.82, 2.24) is 19.3 Å². The van der Waals surface area contributed by atoms with Crippen LogP contribution in [0, 0.1) is 17.1 Å². The van der Waals surface area contributed by atoms with Gasteiger partial charge in [0.05, 0.1) is 5.69 Å². The summed E-state index contributed by atoms with van der Waals surface area (Å²) in [6, 6.07) is 8.33. The largest absolute Gasteiger partial charge is 0.465 e. The Hall–Kier alpha value is -3.49. The van der Waals surface area contributed by atoms with E-state index in [-0.39, 0.29) is 11.9 Å². The first-order valence-corrected chi connectivity index (χ1v) is 13.9. The molecule has 4 heterocycles. The van der Waals surface area contributed by atoms with Gasteiger partial charge in [-0.15, -0.1) is 11.3 Å². The standard InChI is InChI=1S/C26H27FN6O2S2/c1-4-19-23(32-14-21(37-24(32)29-19)16-9-11-31(12-10-16)26(34)35)33(15(2)3)25-30-22(20(13-28)36-25)17-5-7-18(27)8-6-17/h5-8,14-16H,4,9-12H2,1-3H3,(H,34,35). The molecule has 1 amide bonds. The zero-order valence-electron chi connectivity index (χ0n) is 20.8. The van der Waals surface area contributed by atoms with E-state index in [0.29, 0.717) is 40.3 Å². The maximum Gasteiger partial charge on any atom is 0.407 e. The van der Waals surface area contributed by atoms with E-state index in [4.69, 9.17) is 9.97 Å². The Morgan fingerprint density at radius 2 is 1.95 bits per heavy atom. The van der Waals surface area contributed by atoms with Gasteiger partial charge in [0.15, 0.2) is 10.1 Å². The van der Waals surface area contributed by atoms with Crippen molar-refractivity contribution in [2.24, 2.45) is 0 Å². The minimum atomic E-state index is -0.859. The Balaban J connectivity index is 1.55. The molecule has 4 aromatic rings. The Labute approximate surface area is 222 Å². The Morgan fingerprint density at radius 1 is 1.24 bits per heavy atom. The van der Waals surface area contributed by atoms with Gasteiger partial charge < -0.3 is 10.0 Å². The molecular weight excluding hydrogens is 511 g/mol. The molecule has 1 N–H and O–H groups in total. The first-order valence-electron chi connectivity index (χ1n) is 12.2. The SMILES string of the molecule is CCc1nc2sc(C3CCN(C(=O)O)CC3)cn2c1N(c1nc(-c2ccc(F)cc2)c(C#N)s1)C(C)C. The molecule has 0 saturated carbocycles.